The van der Waals surface area contributed by atoms with Crippen molar-refractivity contribution in [1.29, 1.82) is 0 Å². The maximum atomic E-state index is 6.98. The first-order valence-corrected chi connectivity index (χ1v) is 15.0. The van der Waals surface area contributed by atoms with Crippen LogP contribution < -0.4 is 5.73 Å². The number of nitrogens with zero attached hydrogens (tertiary/aromatic N) is 2. The van der Waals surface area contributed by atoms with E-state index in [1.807, 2.05) is 24.3 Å². The van der Waals surface area contributed by atoms with E-state index < -0.39 is 0 Å². The van der Waals surface area contributed by atoms with Crippen LogP contribution in [0.25, 0.3) is 76.3 Å². The zero-order valence-electron chi connectivity index (χ0n) is 22.1. The quantitative estimate of drug-likeness (QED) is 0.167. The number of anilines is 1. The number of benzene rings is 6. The summed E-state index contributed by atoms with van der Waals surface area (Å²) in [4.78, 5) is 5.20. The number of fused-ring (bicyclic) bond motifs is 13. The smallest absolute Gasteiger partial charge is 0.217 e. The summed E-state index contributed by atoms with van der Waals surface area (Å²) in [5.41, 5.74) is 11.2. The molecular formula is C35H21ClN3O2P. The van der Waals surface area contributed by atoms with Crippen molar-refractivity contribution in [2.45, 2.75) is 0 Å². The zero-order valence-corrected chi connectivity index (χ0v) is 23.8. The van der Waals surface area contributed by atoms with Crippen molar-refractivity contribution in [3.05, 3.63) is 109 Å². The molecule has 0 fully saturated rings. The van der Waals surface area contributed by atoms with E-state index in [1.54, 1.807) is 0 Å². The molecule has 0 bridgehead atoms. The SMILES string of the molecule is Nc1oc2ccccc2c1/N=C(/Cl)Pn1c2ccccc2c2c3ccccc3c3c(oc4ccc5ccccc5c43)c21. The molecule has 1 atom stereocenters. The molecule has 0 saturated heterocycles. The third-order valence-electron chi connectivity index (χ3n) is 8.14. The highest BCUT2D eigenvalue weighted by Gasteiger charge is 2.23. The lowest BCUT2D eigenvalue weighted by molar-refractivity contribution is 0.638. The first-order chi connectivity index (χ1) is 20.7. The van der Waals surface area contributed by atoms with Crippen molar-refractivity contribution >= 4 is 113 Å². The molecule has 200 valence electrons. The van der Waals surface area contributed by atoms with Gasteiger partial charge in [0.05, 0.1) is 11.0 Å². The van der Waals surface area contributed by atoms with Crippen molar-refractivity contribution in [2.24, 2.45) is 4.99 Å². The van der Waals surface area contributed by atoms with E-state index in [1.165, 1.54) is 21.5 Å². The minimum atomic E-state index is -0.00669. The maximum Gasteiger partial charge on any atom is 0.217 e. The van der Waals surface area contributed by atoms with Gasteiger partial charge in [-0.1, -0.05) is 96.5 Å². The van der Waals surface area contributed by atoms with Crippen LogP contribution in [0.15, 0.2) is 123 Å². The number of hydrogen-bond donors (Lipinski definition) is 1. The lowest BCUT2D eigenvalue weighted by atomic mass is 9.97. The Morgan fingerprint density at radius 1 is 0.643 bits per heavy atom. The molecule has 7 heteroatoms. The molecule has 5 nitrogen and oxygen atoms in total. The Balaban J connectivity index is 1.41. The lowest BCUT2D eigenvalue weighted by Gasteiger charge is -2.08. The Morgan fingerprint density at radius 2 is 1.31 bits per heavy atom. The normalized spacial score (nSPS) is 13.0. The molecule has 0 aliphatic carbocycles. The summed E-state index contributed by atoms with van der Waals surface area (Å²) in [6.45, 7) is 0. The highest BCUT2D eigenvalue weighted by atomic mass is 35.5. The highest BCUT2D eigenvalue weighted by molar-refractivity contribution is 7.63. The second-order valence-corrected chi connectivity index (χ2v) is 12.2. The van der Waals surface area contributed by atoms with E-state index in [-0.39, 0.29) is 14.6 Å². The van der Waals surface area contributed by atoms with Crippen molar-refractivity contribution in [3.63, 3.8) is 0 Å². The van der Waals surface area contributed by atoms with E-state index in [0.29, 0.717) is 16.2 Å². The Kier molecular flexibility index (Phi) is 5.01. The second kappa shape index (κ2) is 8.83. The van der Waals surface area contributed by atoms with Gasteiger partial charge in [0, 0.05) is 35.7 Å². The largest absolute Gasteiger partial charge is 0.454 e. The van der Waals surface area contributed by atoms with Crippen LogP contribution in [-0.4, -0.2) is 9.25 Å². The van der Waals surface area contributed by atoms with Crippen LogP contribution >= 0.6 is 20.3 Å². The lowest BCUT2D eigenvalue weighted by Crippen LogP contribution is -1.90. The average Bonchev–Trinajstić information content (AvgIpc) is 3.67. The first-order valence-electron chi connectivity index (χ1n) is 13.6. The predicted molar refractivity (Wildman–Crippen MR) is 179 cm³/mol. The zero-order chi connectivity index (χ0) is 27.9. The number of nitrogen functional groups attached to an aromatic ring is 1. The van der Waals surface area contributed by atoms with Crippen LogP contribution in [0.4, 0.5) is 11.6 Å². The van der Waals surface area contributed by atoms with Gasteiger partial charge >= 0.3 is 0 Å². The first kappa shape index (κ1) is 23.8. The molecule has 0 aliphatic rings. The second-order valence-electron chi connectivity index (χ2n) is 10.4. The van der Waals surface area contributed by atoms with Crippen molar-refractivity contribution in [1.82, 2.24) is 4.34 Å². The fraction of sp³-hybridized carbons (Fsp3) is 0. The number of aromatic nitrogens is 1. The summed E-state index contributed by atoms with van der Waals surface area (Å²) >= 11 is 6.98. The average molecular weight is 582 g/mol. The molecule has 2 N–H and O–H groups in total. The molecule has 0 radical (unpaired) electrons. The standard InChI is InChI=1S/C35H21ClN3O2P/c36-35(38-31-24-14-6-8-16-26(24)41-34(31)37)42-39-25-15-7-5-13-23(25)28-21-11-3-4-12-22(21)30-29-20-10-2-1-9-19(20)17-18-27(29)40-33(30)32(28)39/h1-18,42H,37H2/b38-35-. The number of hydrogen-bond acceptors (Lipinski definition) is 4. The number of halogens is 1. The topological polar surface area (TPSA) is 69.6 Å². The summed E-state index contributed by atoms with van der Waals surface area (Å²) in [5, 5.41) is 10.0. The Bertz CT molecular complexity index is 2590. The van der Waals surface area contributed by atoms with Crippen LogP contribution in [0, 0.1) is 0 Å². The molecule has 9 rings (SSSR count). The molecule has 9 aromatic rings. The fourth-order valence-electron chi connectivity index (χ4n) is 6.44. The molecule has 6 aromatic carbocycles. The van der Waals surface area contributed by atoms with Gasteiger partial charge in [0.25, 0.3) is 0 Å². The van der Waals surface area contributed by atoms with Gasteiger partial charge in [-0.05, 0) is 45.8 Å². The van der Waals surface area contributed by atoms with E-state index in [0.717, 1.165) is 49.1 Å². The Labute approximate surface area is 245 Å². The minimum Gasteiger partial charge on any atom is -0.454 e. The van der Waals surface area contributed by atoms with Crippen molar-refractivity contribution in [3.8, 4) is 0 Å². The van der Waals surface area contributed by atoms with E-state index in [2.05, 4.69) is 89.3 Å². The van der Waals surface area contributed by atoms with E-state index >= 15 is 0 Å². The number of rotatable bonds is 3. The van der Waals surface area contributed by atoms with Gasteiger partial charge in [-0.25, -0.2) is 4.99 Å². The number of para-hydroxylation sites is 2. The van der Waals surface area contributed by atoms with Gasteiger partial charge in [-0.15, -0.1) is 0 Å². The summed E-state index contributed by atoms with van der Waals surface area (Å²) in [6, 6.07) is 37.4. The fourth-order valence-corrected chi connectivity index (χ4v) is 7.76. The summed E-state index contributed by atoms with van der Waals surface area (Å²) in [7, 11) is -0.00669. The van der Waals surface area contributed by atoms with E-state index in [4.69, 9.17) is 31.2 Å². The summed E-state index contributed by atoms with van der Waals surface area (Å²) in [5.74, 6) is 0.249. The van der Waals surface area contributed by atoms with Gasteiger partial charge in [0.2, 0.25) is 5.88 Å². The molecule has 0 aliphatic heterocycles. The van der Waals surface area contributed by atoms with Gasteiger partial charge in [-0.2, -0.15) is 0 Å². The maximum absolute atomic E-state index is 6.98. The molecule has 3 aromatic heterocycles. The summed E-state index contributed by atoms with van der Waals surface area (Å²) < 4.78 is 14.8. The molecular weight excluding hydrogens is 561 g/mol. The van der Waals surface area contributed by atoms with Crippen LogP contribution in [0.1, 0.15) is 0 Å². The highest BCUT2D eigenvalue weighted by Crippen LogP contribution is 2.48. The number of furan rings is 2. The van der Waals surface area contributed by atoms with Crippen LogP contribution in [0.2, 0.25) is 0 Å². The number of nitrogens with two attached hydrogens (primary N) is 1. The third kappa shape index (κ3) is 3.26. The van der Waals surface area contributed by atoms with Crippen molar-refractivity contribution in [2.75, 3.05) is 5.73 Å². The van der Waals surface area contributed by atoms with Gasteiger partial charge in [0.1, 0.15) is 21.8 Å². The van der Waals surface area contributed by atoms with Crippen molar-refractivity contribution < 1.29 is 8.83 Å². The molecule has 0 amide bonds. The molecule has 0 saturated carbocycles. The molecule has 1 unspecified atom stereocenters. The van der Waals surface area contributed by atoms with Crippen LogP contribution in [-0.2, 0) is 0 Å². The summed E-state index contributed by atoms with van der Waals surface area (Å²) in [6.07, 6.45) is 0. The molecule has 0 spiro atoms. The van der Waals surface area contributed by atoms with Gasteiger partial charge in [-0.3, -0.25) is 0 Å². The van der Waals surface area contributed by atoms with Gasteiger partial charge < -0.3 is 18.9 Å². The van der Waals surface area contributed by atoms with Gasteiger partial charge in [0.15, 0.2) is 5.58 Å². The monoisotopic (exact) mass is 581 g/mol. The molecule has 42 heavy (non-hydrogen) atoms. The third-order valence-corrected chi connectivity index (χ3v) is 9.47. The van der Waals surface area contributed by atoms with Crippen LogP contribution in [0.5, 0.6) is 0 Å². The number of aliphatic imine (C=N–C) groups is 1. The Hall–Kier alpha value is -4.83. The predicted octanol–water partition coefficient (Wildman–Crippen LogP) is 10.7. The van der Waals surface area contributed by atoms with E-state index in [9.17, 15) is 0 Å². The van der Waals surface area contributed by atoms with Crippen LogP contribution in [0.3, 0.4) is 0 Å². The molecule has 3 heterocycles. The minimum absolute atomic E-state index is 0.00669. The Morgan fingerprint density at radius 3 is 2.14 bits per heavy atom.